The topological polar surface area (TPSA) is 55.1 Å². The summed E-state index contributed by atoms with van der Waals surface area (Å²) in [6.45, 7) is 0.826. The summed E-state index contributed by atoms with van der Waals surface area (Å²) < 4.78 is 13.2. The van der Waals surface area contributed by atoms with E-state index in [0.717, 1.165) is 16.7 Å². The fraction of sp³-hybridized carbons (Fsp3) is 0.188. The fourth-order valence-electron chi connectivity index (χ4n) is 1.90. The van der Waals surface area contributed by atoms with Crippen molar-refractivity contribution < 1.29 is 9.18 Å². The van der Waals surface area contributed by atoms with Crippen LogP contribution in [-0.4, -0.2) is 12.5 Å². The standard InChI is InChI=1S/C16H17FN2O.ClH/c17-15-3-1-2-14(10-15)13-6-4-12(5-7-13)11-19-16(20)8-9-18;/h1-7,10H,8-9,11,18H2,(H,19,20);1H. The van der Waals surface area contributed by atoms with Crippen molar-refractivity contribution in [3.8, 4) is 11.1 Å². The van der Waals surface area contributed by atoms with Crippen LogP contribution in [0.5, 0.6) is 0 Å². The number of nitrogens with one attached hydrogen (secondary N) is 1. The summed E-state index contributed by atoms with van der Waals surface area (Å²) in [5.41, 5.74) is 8.08. The van der Waals surface area contributed by atoms with Gasteiger partial charge in [0.2, 0.25) is 5.91 Å². The summed E-state index contributed by atoms with van der Waals surface area (Å²) >= 11 is 0. The number of halogens is 2. The summed E-state index contributed by atoms with van der Waals surface area (Å²) in [4.78, 5) is 11.3. The fourth-order valence-corrected chi connectivity index (χ4v) is 1.90. The van der Waals surface area contributed by atoms with Gasteiger partial charge in [0.1, 0.15) is 5.82 Å². The third kappa shape index (κ3) is 5.17. The first-order chi connectivity index (χ1) is 9.69. The monoisotopic (exact) mass is 308 g/mol. The molecule has 0 fully saturated rings. The van der Waals surface area contributed by atoms with Crippen molar-refractivity contribution >= 4 is 18.3 Å². The van der Waals surface area contributed by atoms with Gasteiger partial charge in [0.05, 0.1) is 0 Å². The van der Waals surface area contributed by atoms with E-state index in [1.54, 1.807) is 6.07 Å². The molecule has 3 nitrogen and oxygen atoms in total. The summed E-state index contributed by atoms with van der Waals surface area (Å²) in [5, 5.41) is 2.79. The molecular weight excluding hydrogens is 291 g/mol. The zero-order valence-corrected chi connectivity index (χ0v) is 12.3. The molecule has 0 spiro atoms. The summed E-state index contributed by atoms with van der Waals surface area (Å²) in [5.74, 6) is -0.303. The highest BCUT2D eigenvalue weighted by Gasteiger charge is 2.02. The summed E-state index contributed by atoms with van der Waals surface area (Å²) in [6, 6.07) is 14.1. The molecular formula is C16H18ClFN2O. The van der Waals surface area contributed by atoms with E-state index >= 15 is 0 Å². The van der Waals surface area contributed by atoms with E-state index in [4.69, 9.17) is 5.73 Å². The molecule has 0 aliphatic rings. The number of amides is 1. The Hall–Kier alpha value is -1.91. The number of hydrogen-bond acceptors (Lipinski definition) is 2. The Labute approximate surface area is 129 Å². The van der Waals surface area contributed by atoms with E-state index in [1.807, 2.05) is 30.3 Å². The Morgan fingerprint density at radius 1 is 1.10 bits per heavy atom. The molecule has 0 aliphatic carbocycles. The van der Waals surface area contributed by atoms with Crippen molar-refractivity contribution in [2.75, 3.05) is 6.54 Å². The Bertz CT molecular complexity index is 587. The molecule has 112 valence electrons. The minimum absolute atomic E-state index is 0. The first kappa shape index (κ1) is 17.1. The van der Waals surface area contributed by atoms with Gasteiger partial charge in [0.25, 0.3) is 0 Å². The van der Waals surface area contributed by atoms with E-state index < -0.39 is 0 Å². The quantitative estimate of drug-likeness (QED) is 0.892. The van der Waals surface area contributed by atoms with Crippen LogP contribution in [-0.2, 0) is 11.3 Å². The molecule has 21 heavy (non-hydrogen) atoms. The van der Waals surface area contributed by atoms with Gasteiger partial charge in [-0.3, -0.25) is 4.79 Å². The minimum atomic E-state index is -0.249. The van der Waals surface area contributed by atoms with Gasteiger partial charge in [-0.05, 0) is 28.8 Å². The lowest BCUT2D eigenvalue weighted by Crippen LogP contribution is -2.24. The van der Waals surface area contributed by atoms with E-state index in [-0.39, 0.29) is 24.1 Å². The van der Waals surface area contributed by atoms with Crippen molar-refractivity contribution in [3.63, 3.8) is 0 Å². The first-order valence-electron chi connectivity index (χ1n) is 6.50. The molecule has 0 saturated heterocycles. The lowest BCUT2D eigenvalue weighted by Gasteiger charge is -2.06. The predicted octanol–water partition coefficient (Wildman–Crippen LogP) is 2.88. The van der Waals surface area contributed by atoms with Crippen LogP contribution >= 0.6 is 12.4 Å². The lowest BCUT2D eigenvalue weighted by molar-refractivity contribution is -0.121. The van der Waals surface area contributed by atoms with Gasteiger partial charge < -0.3 is 11.1 Å². The molecule has 0 bridgehead atoms. The molecule has 5 heteroatoms. The van der Waals surface area contributed by atoms with Crippen molar-refractivity contribution in [1.82, 2.24) is 5.32 Å². The van der Waals surface area contributed by atoms with Gasteiger partial charge in [-0.25, -0.2) is 4.39 Å². The molecule has 0 saturated carbocycles. The SMILES string of the molecule is Cl.NCCC(=O)NCc1ccc(-c2cccc(F)c2)cc1. The highest BCUT2D eigenvalue weighted by Crippen LogP contribution is 2.20. The lowest BCUT2D eigenvalue weighted by atomic mass is 10.0. The van der Waals surface area contributed by atoms with Crippen molar-refractivity contribution in [2.45, 2.75) is 13.0 Å². The van der Waals surface area contributed by atoms with Gasteiger partial charge >= 0.3 is 0 Å². The van der Waals surface area contributed by atoms with E-state index in [1.165, 1.54) is 12.1 Å². The highest BCUT2D eigenvalue weighted by molar-refractivity contribution is 5.85. The van der Waals surface area contributed by atoms with Crippen LogP contribution in [0.15, 0.2) is 48.5 Å². The maximum Gasteiger partial charge on any atom is 0.221 e. The Morgan fingerprint density at radius 3 is 2.43 bits per heavy atom. The van der Waals surface area contributed by atoms with E-state index in [9.17, 15) is 9.18 Å². The van der Waals surface area contributed by atoms with E-state index in [2.05, 4.69) is 5.32 Å². The Morgan fingerprint density at radius 2 is 1.81 bits per heavy atom. The Balaban J connectivity index is 0.00000220. The van der Waals surface area contributed by atoms with Gasteiger partial charge in [0.15, 0.2) is 0 Å². The normalized spacial score (nSPS) is 9.81. The largest absolute Gasteiger partial charge is 0.352 e. The van der Waals surface area contributed by atoms with Crippen LogP contribution in [0, 0.1) is 5.82 Å². The van der Waals surface area contributed by atoms with Crippen LogP contribution in [0.25, 0.3) is 11.1 Å². The molecule has 0 atom stereocenters. The number of hydrogen-bond donors (Lipinski definition) is 2. The van der Waals surface area contributed by atoms with Crippen LogP contribution in [0.4, 0.5) is 4.39 Å². The molecule has 0 aliphatic heterocycles. The second-order valence-electron chi connectivity index (χ2n) is 4.52. The average molecular weight is 309 g/mol. The van der Waals surface area contributed by atoms with Gasteiger partial charge in [-0.1, -0.05) is 36.4 Å². The molecule has 0 aromatic heterocycles. The van der Waals surface area contributed by atoms with Crippen LogP contribution in [0.2, 0.25) is 0 Å². The maximum absolute atomic E-state index is 13.2. The zero-order valence-electron chi connectivity index (χ0n) is 11.5. The van der Waals surface area contributed by atoms with Crippen molar-refractivity contribution in [1.29, 1.82) is 0 Å². The predicted molar refractivity (Wildman–Crippen MR) is 84.6 cm³/mol. The summed E-state index contributed by atoms with van der Waals surface area (Å²) in [7, 11) is 0. The molecule has 2 aromatic rings. The minimum Gasteiger partial charge on any atom is -0.352 e. The van der Waals surface area contributed by atoms with Crippen LogP contribution < -0.4 is 11.1 Å². The van der Waals surface area contributed by atoms with Gasteiger partial charge in [-0.15, -0.1) is 12.4 Å². The number of rotatable bonds is 5. The molecule has 2 aromatic carbocycles. The van der Waals surface area contributed by atoms with Crippen molar-refractivity contribution in [2.24, 2.45) is 5.73 Å². The molecule has 3 N–H and O–H groups in total. The molecule has 0 radical (unpaired) electrons. The number of carbonyl (C=O) groups excluding carboxylic acids is 1. The molecule has 0 heterocycles. The molecule has 0 unspecified atom stereocenters. The molecule has 2 rings (SSSR count). The number of benzene rings is 2. The van der Waals surface area contributed by atoms with E-state index in [0.29, 0.717) is 19.5 Å². The molecule has 1 amide bonds. The Kier molecular flexibility index (Phi) is 6.85. The smallest absolute Gasteiger partial charge is 0.221 e. The van der Waals surface area contributed by atoms with Gasteiger partial charge in [0, 0.05) is 19.5 Å². The second kappa shape index (κ2) is 8.39. The third-order valence-electron chi connectivity index (χ3n) is 2.97. The zero-order chi connectivity index (χ0) is 14.4. The number of nitrogens with two attached hydrogens (primary N) is 1. The average Bonchev–Trinajstić information content (AvgIpc) is 2.46. The summed E-state index contributed by atoms with van der Waals surface area (Å²) in [6.07, 6.45) is 0.335. The second-order valence-corrected chi connectivity index (χ2v) is 4.52. The third-order valence-corrected chi connectivity index (χ3v) is 2.97. The van der Waals surface area contributed by atoms with Crippen molar-refractivity contribution in [3.05, 3.63) is 59.9 Å². The van der Waals surface area contributed by atoms with Crippen LogP contribution in [0.1, 0.15) is 12.0 Å². The number of carbonyl (C=O) groups is 1. The highest BCUT2D eigenvalue weighted by atomic mass is 35.5. The van der Waals surface area contributed by atoms with Gasteiger partial charge in [-0.2, -0.15) is 0 Å². The maximum atomic E-state index is 13.2. The first-order valence-corrected chi connectivity index (χ1v) is 6.50. The van der Waals surface area contributed by atoms with Crippen LogP contribution in [0.3, 0.4) is 0 Å².